The van der Waals surface area contributed by atoms with Crippen LogP contribution in [0.4, 0.5) is 0 Å². The third-order valence-corrected chi connectivity index (χ3v) is 2.91. The Kier molecular flexibility index (Phi) is 5.80. The van der Waals surface area contributed by atoms with Crippen molar-refractivity contribution in [3.05, 3.63) is 34.3 Å². The number of halogens is 1. The van der Waals surface area contributed by atoms with Gasteiger partial charge < -0.3 is 16.2 Å². The van der Waals surface area contributed by atoms with Gasteiger partial charge in [0.15, 0.2) is 0 Å². The maximum absolute atomic E-state index is 11.6. The molecule has 0 radical (unpaired) electrons. The summed E-state index contributed by atoms with van der Waals surface area (Å²) >= 11 is 3.32. The number of carbonyl (C=O) groups excluding carboxylic acids is 1. The van der Waals surface area contributed by atoms with E-state index in [0.29, 0.717) is 6.54 Å². The van der Waals surface area contributed by atoms with Gasteiger partial charge in [0.25, 0.3) is 0 Å². The Hall–Kier alpha value is -1.40. The van der Waals surface area contributed by atoms with Gasteiger partial charge in [0.2, 0.25) is 5.91 Å². The zero-order valence-electron chi connectivity index (χ0n) is 9.73. The van der Waals surface area contributed by atoms with Gasteiger partial charge in [-0.1, -0.05) is 28.1 Å². The first-order chi connectivity index (χ1) is 8.49. The van der Waals surface area contributed by atoms with Crippen molar-refractivity contribution in [2.45, 2.75) is 25.4 Å². The highest BCUT2D eigenvalue weighted by molar-refractivity contribution is 9.10. The van der Waals surface area contributed by atoms with E-state index in [1.165, 1.54) is 0 Å². The van der Waals surface area contributed by atoms with Crippen molar-refractivity contribution in [1.82, 2.24) is 5.32 Å². The largest absolute Gasteiger partial charge is 0.481 e. The van der Waals surface area contributed by atoms with Gasteiger partial charge in [-0.3, -0.25) is 9.59 Å². The average Bonchev–Trinajstić information content (AvgIpc) is 2.34. The van der Waals surface area contributed by atoms with E-state index in [-0.39, 0.29) is 18.7 Å². The van der Waals surface area contributed by atoms with E-state index < -0.39 is 12.0 Å². The summed E-state index contributed by atoms with van der Waals surface area (Å²) in [4.78, 5) is 21.9. The number of amides is 1. The molecule has 98 valence electrons. The van der Waals surface area contributed by atoms with E-state index in [1.807, 2.05) is 24.3 Å². The number of aliphatic carboxylic acids is 1. The minimum atomic E-state index is -0.953. The molecule has 1 rings (SSSR count). The third kappa shape index (κ3) is 5.29. The molecular weight excluding hydrogens is 300 g/mol. The number of nitrogens with one attached hydrogen (secondary N) is 1. The monoisotopic (exact) mass is 314 g/mol. The van der Waals surface area contributed by atoms with Crippen LogP contribution >= 0.6 is 15.9 Å². The van der Waals surface area contributed by atoms with Gasteiger partial charge >= 0.3 is 5.97 Å². The quantitative estimate of drug-likeness (QED) is 0.737. The van der Waals surface area contributed by atoms with Crippen LogP contribution in [0.25, 0.3) is 0 Å². The minimum Gasteiger partial charge on any atom is -0.481 e. The molecule has 1 amide bonds. The highest BCUT2D eigenvalue weighted by Crippen LogP contribution is 2.10. The average molecular weight is 315 g/mol. The fourth-order valence-electron chi connectivity index (χ4n) is 1.33. The van der Waals surface area contributed by atoms with Crippen molar-refractivity contribution >= 4 is 27.8 Å². The molecule has 1 aromatic carbocycles. The maximum Gasteiger partial charge on any atom is 0.303 e. The normalized spacial score (nSPS) is 11.9. The molecule has 0 bridgehead atoms. The predicted octanol–water partition coefficient (Wildman–Crippen LogP) is 1.26. The van der Waals surface area contributed by atoms with Crippen molar-refractivity contribution in [3.63, 3.8) is 0 Å². The van der Waals surface area contributed by atoms with Crippen LogP contribution in [-0.4, -0.2) is 23.0 Å². The lowest BCUT2D eigenvalue weighted by Crippen LogP contribution is -2.40. The zero-order valence-corrected chi connectivity index (χ0v) is 11.3. The molecule has 1 atom stereocenters. The van der Waals surface area contributed by atoms with Gasteiger partial charge in [-0.15, -0.1) is 0 Å². The summed E-state index contributed by atoms with van der Waals surface area (Å²) < 4.78 is 0.968. The highest BCUT2D eigenvalue weighted by Gasteiger charge is 2.14. The number of hydrogen-bond donors (Lipinski definition) is 3. The number of rotatable bonds is 6. The Morgan fingerprint density at radius 2 is 1.94 bits per heavy atom. The van der Waals surface area contributed by atoms with E-state index in [9.17, 15) is 9.59 Å². The van der Waals surface area contributed by atoms with Crippen LogP contribution in [0.2, 0.25) is 0 Å². The molecule has 0 saturated carbocycles. The lowest BCUT2D eigenvalue weighted by molar-refractivity contribution is -0.137. The smallest absolute Gasteiger partial charge is 0.303 e. The van der Waals surface area contributed by atoms with E-state index in [1.54, 1.807) is 0 Å². The molecule has 0 aliphatic rings. The summed E-state index contributed by atoms with van der Waals surface area (Å²) in [5.74, 6) is -1.29. The Labute approximate surface area is 113 Å². The molecule has 18 heavy (non-hydrogen) atoms. The van der Waals surface area contributed by atoms with Crippen LogP contribution in [-0.2, 0) is 16.1 Å². The van der Waals surface area contributed by atoms with E-state index in [0.717, 1.165) is 10.0 Å². The number of carboxylic acids is 1. The fraction of sp³-hybridized carbons (Fsp3) is 0.333. The minimum absolute atomic E-state index is 0.104. The molecule has 0 heterocycles. The molecule has 1 aromatic rings. The second-order valence-corrected chi connectivity index (χ2v) is 4.80. The predicted molar refractivity (Wildman–Crippen MR) is 70.8 cm³/mol. The molecule has 4 N–H and O–H groups in total. The first-order valence-corrected chi connectivity index (χ1v) is 6.28. The molecule has 0 aliphatic heterocycles. The highest BCUT2D eigenvalue weighted by atomic mass is 79.9. The first-order valence-electron chi connectivity index (χ1n) is 5.48. The van der Waals surface area contributed by atoms with Gasteiger partial charge in [0.1, 0.15) is 0 Å². The topological polar surface area (TPSA) is 92.4 Å². The van der Waals surface area contributed by atoms with Crippen LogP contribution in [0, 0.1) is 0 Å². The molecule has 0 aliphatic carbocycles. The lowest BCUT2D eigenvalue weighted by Gasteiger charge is -2.11. The van der Waals surface area contributed by atoms with Gasteiger partial charge in [-0.05, 0) is 24.1 Å². The number of nitrogens with two attached hydrogens (primary N) is 1. The first kappa shape index (κ1) is 14.7. The van der Waals surface area contributed by atoms with Crippen molar-refractivity contribution in [2.24, 2.45) is 5.73 Å². The lowest BCUT2D eigenvalue weighted by atomic mass is 10.1. The van der Waals surface area contributed by atoms with Gasteiger partial charge in [0, 0.05) is 17.4 Å². The second-order valence-electron chi connectivity index (χ2n) is 3.88. The Bertz CT molecular complexity index is 420. The molecule has 0 aromatic heterocycles. The van der Waals surface area contributed by atoms with Gasteiger partial charge in [-0.2, -0.15) is 0 Å². The summed E-state index contributed by atoms with van der Waals surface area (Å²) in [6, 6.07) is 6.74. The van der Waals surface area contributed by atoms with Crippen LogP contribution in [0.15, 0.2) is 28.7 Å². The van der Waals surface area contributed by atoms with Crippen molar-refractivity contribution in [1.29, 1.82) is 0 Å². The van der Waals surface area contributed by atoms with Crippen LogP contribution < -0.4 is 11.1 Å². The van der Waals surface area contributed by atoms with Crippen LogP contribution in [0.5, 0.6) is 0 Å². The number of carboxylic acid groups (broad SMARTS) is 1. The summed E-state index contributed by atoms with van der Waals surface area (Å²) in [6.45, 7) is 0.382. The third-order valence-electron chi connectivity index (χ3n) is 2.39. The van der Waals surface area contributed by atoms with E-state index >= 15 is 0 Å². The SMILES string of the molecule is NC(CCC(=O)O)C(=O)NCc1ccc(Br)cc1. The number of carbonyl (C=O) groups is 2. The van der Waals surface area contributed by atoms with Crippen molar-refractivity contribution in [3.8, 4) is 0 Å². The second kappa shape index (κ2) is 7.13. The van der Waals surface area contributed by atoms with Crippen molar-refractivity contribution in [2.75, 3.05) is 0 Å². The van der Waals surface area contributed by atoms with Crippen molar-refractivity contribution < 1.29 is 14.7 Å². The molecule has 0 fully saturated rings. The molecule has 5 nitrogen and oxygen atoms in total. The summed E-state index contributed by atoms with van der Waals surface area (Å²) in [5.41, 5.74) is 6.53. The number of hydrogen-bond acceptors (Lipinski definition) is 3. The molecule has 6 heteroatoms. The summed E-state index contributed by atoms with van der Waals surface area (Å²) in [7, 11) is 0. The molecule has 0 saturated heterocycles. The van der Waals surface area contributed by atoms with Crippen LogP contribution in [0.1, 0.15) is 18.4 Å². The zero-order chi connectivity index (χ0) is 13.5. The molecule has 1 unspecified atom stereocenters. The maximum atomic E-state index is 11.6. The van der Waals surface area contributed by atoms with Gasteiger partial charge in [0.05, 0.1) is 6.04 Å². The molecular formula is C12H15BrN2O3. The number of benzene rings is 1. The fourth-order valence-corrected chi connectivity index (χ4v) is 1.60. The van der Waals surface area contributed by atoms with E-state index in [4.69, 9.17) is 10.8 Å². The Morgan fingerprint density at radius 3 is 2.50 bits per heavy atom. The van der Waals surface area contributed by atoms with Gasteiger partial charge in [-0.25, -0.2) is 0 Å². The Balaban J connectivity index is 2.36. The summed E-state index contributed by atoms with van der Waals surface area (Å²) in [6.07, 6.45) is 0.0361. The van der Waals surface area contributed by atoms with Crippen LogP contribution in [0.3, 0.4) is 0 Å². The molecule has 0 spiro atoms. The summed E-state index contributed by atoms with van der Waals surface area (Å²) in [5, 5.41) is 11.2. The Morgan fingerprint density at radius 1 is 1.33 bits per heavy atom. The van der Waals surface area contributed by atoms with E-state index in [2.05, 4.69) is 21.2 Å². The standard InChI is InChI=1S/C12H15BrN2O3/c13-9-3-1-8(2-4-9)7-15-12(18)10(14)5-6-11(16)17/h1-4,10H,5-7,14H2,(H,15,18)(H,16,17).